The first-order valence-electron chi connectivity index (χ1n) is 40.1. The first-order chi connectivity index (χ1) is 48.6. The molecule has 101 heavy (non-hydrogen) atoms. The van der Waals surface area contributed by atoms with Crippen molar-refractivity contribution in [2.45, 2.75) is 371 Å². The van der Waals surface area contributed by atoms with Gasteiger partial charge in [0.05, 0.1) is 58.5 Å². The maximum atomic E-state index is 12.9. The first kappa shape index (κ1) is 97.4. The first-order valence-corrected chi connectivity index (χ1v) is 42.9. The maximum Gasteiger partial charge on any atom is 2.00 e. The van der Waals surface area contributed by atoms with Crippen LogP contribution < -0.4 is 0 Å². The van der Waals surface area contributed by atoms with E-state index < -0.39 is 53.9 Å². The molecule has 0 unspecified atom stereocenters. The van der Waals surface area contributed by atoms with Crippen LogP contribution in [0.25, 0.3) is 0 Å². The molecule has 0 amide bonds. The second-order valence-electron chi connectivity index (χ2n) is 27.2. The third-order valence-corrected chi connectivity index (χ3v) is 19.7. The SMILES string of the molecule is CCCCCC/C=C/CCCCCCCCCOC(=O)c1ccc(S(=O)(=O)[O-])cc1C(=O)OCCCCCCCCC/C=C/CCCCCC.CCCCCC/C=C/CCCCCCCCCOC(=O)c1ccc(S(=O)(=O)[O-])cc1C(=O)OCCCCCCCCC/C=C/CCCCCC.[Ca+2]. The molecule has 2 rings (SSSR count). The minimum absolute atomic E-state index is 0. The molecular formula is C84H138CaO14S2. The van der Waals surface area contributed by atoms with Gasteiger partial charge in [-0.1, -0.05) is 282 Å². The van der Waals surface area contributed by atoms with Gasteiger partial charge in [0.2, 0.25) is 0 Å². The predicted octanol–water partition coefficient (Wildman–Crippen LogP) is 24.0. The molecule has 0 saturated carbocycles. The van der Waals surface area contributed by atoms with Crippen LogP contribution in [0, 0.1) is 0 Å². The fourth-order valence-corrected chi connectivity index (χ4v) is 12.7. The summed E-state index contributed by atoms with van der Waals surface area (Å²) in [6, 6.07) is 6.23. The van der Waals surface area contributed by atoms with Gasteiger partial charge in [-0.2, -0.15) is 0 Å². The fraction of sp³-hybridized carbons (Fsp3) is 0.714. The minimum Gasteiger partial charge on any atom is -0.744 e. The summed E-state index contributed by atoms with van der Waals surface area (Å²) in [6.45, 7) is 9.65. The number of esters is 4. The van der Waals surface area contributed by atoms with Crippen molar-refractivity contribution < 1.29 is 64.1 Å². The van der Waals surface area contributed by atoms with Gasteiger partial charge in [0.25, 0.3) is 0 Å². The smallest absolute Gasteiger partial charge is 0.744 e. The van der Waals surface area contributed by atoms with Gasteiger partial charge in [0.1, 0.15) is 20.2 Å². The molecule has 0 aromatic heterocycles. The van der Waals surface area contributed by atoms with E-state index >= 15 is 0 Å². The van der Waals surface area contributed by atoms with E-state index in [4.69, 9.17) is 18.9 Å². The van der Waals surface area contributed by atoms with E-state index in [1.807, 2.05) is 0 Å². The summed E-state index contributed by atoms with van der Waals surface area (Å²) in [5.41, 5.74) is -0.700. The molecule has 0 aliphatic heterocycles. The molecule has 0 atom stereocenters. The van der Waals surface area contributed by atoms with Crippen molar-refractivity contribution in [3.05, 3.63) is 107 Å². The van der Waals surface area contributed by atoms with E-state index in [9.17, 15) is 45.1 Å². The summed E-state index contributed by atoms with van der Waals surface area (Å²) in [7, 11) is -9.63. The summed E-state index contributed by atoms with van der Waals surface area (Å²) < 4.78 is 91.3. The number of unbranched alkanes of at least 4 members (excludes halogenated alkanes) is 44. The molecule has 572 valence electrons. The van der Waals surface area contributed by atoms with Gasteiger partial charge in [-0.05, 0) is 165 Å². The second-order valence-corrected chi connectivity index (χ2v) is 30.0. The molecule has 0 bridgehead atoms. The Morgan fingerprint density at radius 2 is 0.436 bits per heavy atom. The number of hydrogen-bond acceptors (Lipinski definition) is 14. The molecule has 2 aromatic carbocycles. The molecule has 0 N–H and O–H groups in total. The largest absolute Gasteiger partial charge is 2.00 e. The Hall–Kier alpha value is -3.64. The van der Waals surface area contributed by atoms with Crippen molar-refractivity contribution in [1.82, 2.24) is 0 Å². The van der Waals surface area contributed by atoms with Gasteiger partial charge >= 0.3 is 61.6 Å². The molecule has 0 radical (unpaired) electrons. The summed E-state index contributed by atoms with van der Waals surface area (Å²) in [5, 5.41) is 0. The third-order valence-electron chi connectivity index (χ3n) is 18.0. The van der Waals surface area contributed by atoms with E-state index in [0.29, 0.717) is 25.7 Å². The quantitative estimate of drug-likeness (QED) is 0.0150. The van der Waals surface area contributed by atoms with Crippen LogP contribution in [0.4, 0.5) is 0 Å². The zero-order chi connectivity index (χ0) is 73.1. The zero-order valence-electron chi connectivity index (χ0n) is 63.9. The van der Waals surface area contributed by atoms with Gasteiger partial charge in [-0.15, -0.1) is 0 Å². The molecular weight excluding hydrogens is 1340 g/mol. The minimum atomic E-state index is -4.81. The van der Waals surface area contributed by atoms with Crippen LogP contribution in [-0.4, -0.2) is 114 Å². The Bertz CT molecular complexity index is 2540. The van der Waals surface area contributed by atoms with Gasteiger partial charge in [-0.3, -0.25) is 0 Å². The average Bonchev–Trinajstić information content (AvgIpc) is 0.819. The molecule has 0 fully saturated rings. The van der Waals surface area contributed by atoms with Gasteiger partial charge in [0, 0.05) is 0 Å². The third kappa shape index (κ3) is 57.3. The Balaban J connectivity index is 0.00000196. The van der Waals surface area contributed by atoms with Gasteiger partial charge in [0.15, 0.2) is 0 Å². The summed E-state index contributed by atoms with van der Waals surface area (Å²) in [6.07, 6.45) is 78.5. The Kier molecular flexibility index (Phi) is 66.9. The van der Waals surface area contributed by atoms with Crippen LogP contribution in [0.2, 0.25) is 0 Å². The van der Waals surface area contributed by atoms with Crippen molar-refractivity contribution >= 4 is 81.9 Å². The van der Waals surface area contributed by atoms with Gasteiger partial charge in [-0.25, -0.2) is 36.0 Å². The summed E-state index contributed by atoms with van der Waals surface area (Å²) in [5.74, 6) is -3.12. The molecule has 0 aliphatic carbocycles. The molecule has 0 aliphatic rings. The molecule has 2 aromatic rings. The van der Waals surface area contributed by atoms with E-state index in [1.165, 1.54) is 205 Å². The van der Waals surface area contributed by atoms with Gasteiger partial charge < -0.3 is 28.1 Å². The monoisotopic (exact) mass is 1470 g/mol. The topological polar surface area (TPSA) is 220 Å². The Morgan fingerprint density at radius 3 is 0.624 bits per heavy atom. The molecule has 14 nitrogen and oxygen atoms in total. The van der Waals surface area contributed by atoms with Crippen molar-refractivity contribution in [2.75, 3.05) is 26.4 Å². The van der Waals surface area contributed by atoms with Crippen LogP contribution in [0.3, 0.4) is 0 Å². The number of allylic oxidation sites excluding steroid dienone is 8. The number of carbonyl (C=O) groups excluding carboxylic acids is 4. The standard InChI is InChI=1S/2C42H70O7S.Ca/c2*1-3-5-7-9-11-13-15-17-19-21-23-25-27-29-31-35-48-41(43)39-34-33-38(50(45,46)47)37-40(39)42(44)49-36-32-30-28-26-24-22-20-18-16-14-12-10-8-6-4-2;/h2*13-16,33-34,37H,3-12,17-32,35-36H2,1-2H3,(H,45,46,47);/q;;+2/p-2/b2*15-13+,16-14+;. The number of ether oxygens (including phenoxy) is 4. The number of carbonyl (C=O) groups is 4. The molecule has 0 saturated heterocycles. The normalized spacial score (nSPS) is 11.8. The molecule has 0 heterocycles. The van der Waals surface area contributed by atoms with E-state index in [1.54, 1.807) is 0 Å². The Labute approximate surface area is 645 Å². The van der Waals surface area contributed by atoms with Crippen LogP contribution in [0.5, 0.6) is 0 Å². The predicted molar refractivity (Wildman–Crippen MR) is 415 cm³/mol. The number of hydrogen-bond donors (Lipinski definition) is 0. The van der Waals surface area contributed by atoms with Crippen molar-refractivity contribution in [2.24, 2.45) is 0 Å². The van der Waals surface area contributed by atoms with E-state index in [2.05, 4.69) is 76.3 Å². The molecule has 0 spiro atoms. The summed E-state index contributed by atoms with van der Waals surface area (Å²) >= 11 is 0. The second kappa shape index (κ2) is 69.4. The maximum absolute atomic E-state index is 12.9. The summed E-state index contributed by atoms with van der Waals surface area (Å²) in [4.78, 5) is 50.3. The van der Waals surface area contributed by atoms with Crippen molar-refractivity contribution in [3.8, 4) is 0 Å². The molecule has 17 heteroatoms. The van der Waals surface area contributed by atoms with Crippen LogP contribution in [0.15, 0.2) is 94.8 Å². The number of benzene rings is 2. The fourth-order valence-electron chi connectivity index (χ4n) is 11.7. The van der Waals surface area contributed by atoms with E-state index in [0.717, 1.165) is 139 Å². The van der Waals surface area contributed by atoms with Crippen molar-refractivity contribution in [3.63, 3.8) is 0 Å². The van der Waals surface area contributed by atoms with Crippen LogP contribution in [-0.2, 0) is 39.2 Å². The Morgan fingerprint density at radius 1 is 0.267 bits per heavy atom. The van der Waals surface area contributed by atoms with Crippen LogP contribution in [0.1, 0.15) is 403 Å². The van der Waals surface area contributed by atoms with E-state index in [-0.39, 0.29) is 86.4 Å². The van der Waals surface area contributed by atoms with Crippen LogP contribution >= 0.6 is 0 Å². The number of rotatable bonds is 66. The van der Waals surface area contributed by atoms with Crippen molar-refractivity contribution in [1.29, 1.82) is 0 Å². The average molecular weight is 1480 g/mol. The zero-order valence-corrected chi connectivity index (χ0v) is 67.8.